The second-order valence-electron chi connectivity index (χ2n) is 6.96. The lowest BCUT2D eigenvalue weighted by atomic mass is 9.87. The molecule has 2 aromatic carbocycles. The first-order valence-corrected chi connectivity index (χ1v) is 10.7. The lowest BCUT2D eigenvalue weighted by molar-refractivity contribution is -0.134. The van der Waals surface area contributed by atoms with Crippen molar-refractivity contribution in [2.75, 3.05) is 0 Å². The Labute approximate surface area is 214 Å². The predicted octanol–water partition coefficient (Wildman–Crippen LogP) is 2.41. The lowest BCUT2D eigenvalue weighted by Crippen LogP contribution is -2.13. The number of hydrogen-bond acceptors (Lipinski definition) is 11. The van der Waals surface area contributed by atoms with Crippen molar-refractivity contribution < 1.29 is 56.8 Å². The number of ketones is 1. The van der Waals surface area contributed by atoms with Gasteiger partial charge in [-0.15, -0.1) is 0 Å². The van der Waals surface area contributed by atoms with E-state index >= 15 is 0 Å². The van der Waals surface area contributed by atoms with Gasteiger partial charge in [-0.3, -0.25) is 9.35 Å². The first kappa shape index (κ1) is 33.1. The van der Waals surface area contributed by atoms with Crippen LogP contribution in [0.5, 0.6) is 11.5 Å². The highest BCUT2D eigenvalue weighted by Gasteiger charge is 2.24. The molecule has 0 radical (unpaired) electrons. The molecule has 2 aromatic rings. The minimum atomic E-state index is -5.07. The minimum Gasteiger partial charge on any atom is -0.507 e. The van der Waals surface area contributed by atoms with Crippen LogP contribution in [0.1, 0.15) is 31.8 Å². The van der Waals surface area contributed by atoms with Crippen LogP contribution in [0.15, 0.2) is 65.8 Å². The molecule has 0 saturated heterocycles. The van der Waals surface area contributed by atoms with Gasteiger partial charge in [0.2, 0.25) is 0 Å². The Balaban J connectivity index is 0.00000456. The van der Waals surface area contributed by atoms with E-state index in [0.29, 0.717) is 0 Å². The molecular weight excluding hydrogens is 530 g/mol. The summed E-state index contributed by atoms with van der Waals surface area (Å²) in [4.78, 5) is 46.7. The zero-order valence-corrected chi connectivity index (χ0v) is 20.1. The highest BCUT2D eigenvalue weighted by atomic mass is 32.3. The number of hydrogen-bond donors (Lipinski definition) is 8. The molecule has 38 heavy (non-hydrogen) atoms. The van der Waals surface area contributed by atoms with E-state index in [1.165, 1.54) is 18.2 Å². The van der Waals surface area contributed by atoms with Gasteiger partial charge in [-0.2, -0.15) is 8.42 Å². The number of carbonyl (C=O) groups is 4. The summed E-state index contributed by atoms with van der Waals surface area (Å²) >= 11 is 0. The molecule has 0 saturated carbocycles. The van der Waals surface area contributed by atoms with E-state index in [9.17, 15) is 48.0 Å². The van der Waals surface area contributed by atoms with Crippen molar-refractivity contribution in [3.63, 3.8) is 0 Å². The van der Waals surface area contributed by atoms with Crippen LogP contribution < -0.4 is 22.6 Å². The zero-order valence-electron chi connectivity index (χ0n) is 19.3. The molecule has 0 atom stereocenters. The normalized spacial score (nSPS) is 13.6. The van der Waals surface area contributed by atoms with Crippen LogP contribution >= 0.6 is 0 Å². The summed E-state index contributed by atoms with van der Waals surface area (Å²) in [7, 11) is -5.07. The van der Waals surface area contributed by atoms with Crippen LogP contribution in [0.3, 0.4) is 0 Å². The van der Waals surface area contributed by atoms with Gasteiger partial charge in [0, 0.05) is 0 Å². The van der Waals surface area contributed by atoms with Crippen LogP contribution in [0, 0.1) is 0 Å². The number of carboxylic acids is 3. The molecule has 0 spiro atoms. The molecule has 15 nitrogen and oxygen atoms in total. The van der Waals surface area contributed by atoms with Gasteiger partial charge in [0.15, 0.2) is 11.5 Å². The molecular formula is C22H23N3O12S. The van der Waals surface area contributed by atoms with E-state index in [0.717, 1.165) is 36.4 Å². The minimum absolute atomic E-state index is 0. The van der Waals surface area contributed by atoms with Crippen molar-refractivity contribution in [2.24, 2.45) is 0 Å². The second-order valence-corrected chi connectivity index (χ2v) is 7.98. The summed E-state index contributed by atoms with van der Waals surface area (Å²) in [6.45, 7) is 0. The Morgan fingerprint density at radius 3 is 1.79 bits per heavy atom. The number of aliphatic carboxylic acids is 1. The first-order valence-electron chi connectivity index (χ1n) is 9.31. The average molecular weight is 554 g/mol. The standard InChI is InChI=1S/C22H14O12S.3H3N/c23-16-4-1-10(7-13(16)20(25)26)19(11-2-5-17(24)14(8-11)21(27)28)12-3-6-18(34-35(31,32)33)15(9-12)22(29)30;;;/h1-9,23H,(H,25,26)(H,27,28)(H,29,30)(H,31,32,33);3*1H3. The maximum Gasteiger partial charge on any atom is 0.446 e. The van der Waals surface area contributed by atoms with Crippen molar-refractivity contribution in [2.45, 2.75) is 0 Å². The van der Waals surface area contributed by atoms with Crippen LogP contribution in [0.2, 0.25) is 0 Å². The van der Waals surface area contributed by atoms with Gasteiger partial charge in [0.05, 0.1) is 0 Å². The van der Waals surface area contributed by atoms with Gasteiger partial charge in [0.25, 0.3) is 0 Å². The zero-order chi connectivity index (χ0) is 26.1. The summed E-state index contributed by atoms with van der Waals surface area (Å²) < 4.78 is 35.3. The Bertz CT molecular complexity index is 1510. The van der Waals surface area contributed by atoms with Gasteiger partial charge in [-0.1, -0.05) is 18.2 Å². The lowest BCUT2D eigenvalue weighted by Gasteiger charge is -2.17. The summed E-state index contributed by atoms with van der Waals surface area (Å²) in [5.41, 5.74) is -1.67. The van der Waals surface area contributed by atoms with Gasteiger partial charge < -0.3 is 43.1 Å². The molecule has 3 rings (SSSR count). The first-order chi connectivity index (χ1) is 16.3. The monoisotopic (exact) mass is 553 g/mol. The van der Waals surface area contributed by atoms with E-state index in [2.05, 4.69) is 4.18 Å². The fraction of sp³-hybridized carbons (Fsp3) is 0. The Hall–Kier alpha value is -4.87. The maximum atomic E-state index is 11.9. The molecule has 16 heteroatoms. The predicted molar refractivity (Wildman–Crippen MR) is 132 cm³/mol. The van der Waals surface area contributed by atoms with E-state index in [-0.39, 0.29) is 40.7 Å². The van der Waals surface area contributed by atoms with E-state index in [1.54, 1.807) is 0 Å². The van der Waals surface area contributed by atoms with Gasteiger partial charge >= 0.3 is 28.3 Å². The van der Waals surface area contributed by atoms with Crippen molar-refractivity contribution in [3.8, 4) is 11.5 Å². The van der Waals surface area contributed by atoms with Crippen LogP contribution in [0.25, 0.3) is 5.57 Å². The summed E-state index contributed by atoms with van der Waals surface area (Å²) in [5.74, 6) is -6.82. The third-order valence-electron chi connectivity index (χ3n) is 4.71. The third kappa shape index (κ3) is 7.09. The largest absolute Gasteiger partial charge is 0.507 e. The highest BCUT2D eigenvalue weighted by molar-refractivity contribution is 7.81. The SMILES string of the molecule is N.N.N.O=C(O)C1=CC(=C(c2ccc(O)c(C(=O)O)c2)c2ccc(OS(=O)(=O)O)c(C(=O)O)c2)C=CC1=O. The van der Waals surface area contributed by atoms with Crippen LogP contribution in [0.4, 0.5) is 0 Å². The number of aromatic carboxylic acids is 2. The van der Waals surface area contributed by atoms with Crippen LogP contribution in [-0.2, 0) is 20.0 Å². The number of allylic oxidation sites excluding steroid dienone is 4. The smallest absolute Gasteiger partial charge is 0.446 e. The molecule has 14 N–H and O–H groups in total. The van der Waals surface area contributed by atoms with Gasteiger partial charge in [-0.05, 0) is 58.7 Å². The molecule has 1 aliphatic carbocycles. The topological polar surface area (TPSA) is 318 Å². The number of phenols is 1. The van der Waals surface area contributed by atoms with Crippen molar-refractivity contribution in [3.05, 3.63) is 88.0 Å². The summed E-state index contributed by atoms with van der Waals surface area (Å²) in [6.07, 6.45) is 3.17. The fourth-order valence-corrected chi connectivity index (χ4v) is 3.63. The van der Waals surface area contributed by atoms with Crippen molar-refractivity contribution >= 4 is 39.7 Å². The quantitative estimate of drug-likeness (QED) is 0.180. The van der Waals surface area contributed by atoms with Crippen molar-refractivity contribution in [1.82, 2.24) is 18.5 Å². The maximum absolute atomic E-state index is 11.9. The molecule has 0 heterocycles. The third-order valence-corrected chi connectivity index (χ3v) is 5.10. The molecule has 0 bridgehead atoms. The highest BCUT2D eigenvalue weighted by Crippen LogP contribution is 2.35. The van der Waals surface area contributed by atoms with E-state index in [4.69, 9.17) is 4.55 Å². The number of carboxylic acid groups (broad SMARTS) is 3. The van der Waals surface area contributed by atoms with Crippen LogP contribution in [-0.4, -0.2) is 57.1 Å². The van der Waals surface area contributed by atoms with E-state index in [1.807, 2.05) is 0 Å². The summed E-state index contributed by atoms with van der Waals surface area (Å²) in [5, 5.41) is 38.1. The van der Waals surface area contributed by atoms with Gasteiger partial charge in [-0.25, -0.2) is 14.4 Å². The number of rotatable bonds is 7. The van der Waals surface area contributed by atoms with Gasteiger partial charge in [0.1, 0.15) is 22.4 Å². The fourth-order valence-electron chi connectivity index (χ4n) is 3.25. The number of carbonyl (C=O) groups excluding carboxylic acids is 1. The van der Waals surface area contributed by atoms with E-state index < -0.39 is 62.3 Å². The Morgan fingerprint density at radius 1 is 0.763 bits per heavy atom. The second kappa shape index (κ2) is 12.4. The number of benzene rings is 2. The molecule has 0 amide bonds. The Kier molecular flexibility index (Phi) is 10.8. The molecule has 0 fully saturated rings. The molecule has 1 aliphatic rings. The molecule has 204 valence electrons. The Morgan fingerprint density at radius 2 is 1.29 bits per heavy atom. The summed E-state index contributed by atoms with van der Waals surface area (Å²) in [6, 6.07) is 6.38. The number of aromatic hydroxyl groups is 1. The average Bonchev–Trinajstić information content (AvgIpc) is 2.75. The molecule has 0 aliphatic heterocycles. The molecule has 0 unspecified atom stereocenters. The van der Waals surface area contributed by atoms with Crippen molar-refractivity contribution in [1.29, 1.82) is 0 Å². The molecule has 0 aromatic heterocycles.